The lowest BCUT2D eigenvalue weighted by molar-refractivity contribution is 0.590. The summed E-state index contributed by atoms with van der Waals surface area (Å²) in [5.74, 6) is 0. The Morgan fingerprint density at radius 2 is 1.57 bits per heavy atom. The van der Waals surface area contributed by atoms with Crippen molar-refractivity contribution in [2.24, 2.45) is 0 Å². The van der Waals surface area contributed by atoms with Gasteiger partial charge in [-0.2, -0.15) is 0 Å². The average molecular weight is 322 g/mol. The van der Waals surface area contributed by atoms with E-state index in [1.54, 1.807) is 6.07 Å². The molecule has 2 aromatic carbocycles. The molecule has 2 aromatic rings. The van der Waals surface area contributed by atoms with Gasteiger partial charge in [0.15, 0.2) is 0 Å². The van der Waals surface area contributed by atoms with E-state index >= 15 is 0 Å². The van der Waals surface area contributed by atoms with Gasteiger partial charge in [-0.15, -0.1) is 0 Å². The average Bonchev–Trinajstić information content (AvgIpc) is 2.41. The van der Waals surface area contributed by atoms with Crippen molar-refractivity contribution in [2.45, 2.75) is 39.2 Å². The molecule has 0 radical (unpaired) electrons. The molecule has 1 N–H and O–H groups in total. The summed E-state index contributed by atoms with van der Waals surface area (Å²) in [6, 6.07) is 14.2. The molecule has 0 amide bonds. The molecule has 0 fully saturated rings. The Bertz CT molecular complexity index is 612. The molecule has 112 valence electrons. The smallest absolute Gasteiger partial charge is 0.0500 e. The number of hydrogen-bond donors (Lipinski definition) is 1. The minimum atomic E-state index is 0.0942. The highest BCUT2D eigenvalue weighted by molar-refractivity contribution is 6.33. The maximum Gasteiger partial charge on any atom is 0.0500 e. The fourth-order valence-electron chi connectivity index (χ4n) is 2.24. The van der Waals surface area contributed by atoms with Crippen molar-refractivity contribution in [2.75, 3.05) is 5.32 Å². The third-order valence-electron chi connectivity index (χ3n) is 3.56. The van der Waals surface area contributed by atoms with Crippen molar-refractivity contribution in [1.29, 1.82) is 0 Å². The number of benzene rings is 2. The first-order valence-corrected chi connectivity index (χ1v) is 7.85. The minimum Gasteiger partial charge on any atom is -0.378 e. The highest BCUT2D eigenvalue weighted by atomic mass is 35.5. The molecule has 0 aromatic heterocycles. The molecular weight excluding hydrogens is 301 g/mol. The van der Waals surface area contributed by atoms with Crippen molar-refractivity contribution in [1.82, 2.24) is 0 Å². The maximum absolute atomic E-state index is 6.24. The van der Waals surface area contributed by atoms with Crippen molar-refractivity contribution in [3.8, 4) is 0 Å². The van der Waals surface area contributed by atoms with E-state index in [0.29, 0.717) is 5.02 Å². The summed E-state index contributed by atoms with van der Waals surface area (Å²) in [5, 5.41) is 4.89. The number of rotatable bonds is 3. The monoisotopic (exact) mass is 321 g/mol. The SMILES string of the molecule is CC(Nc1ccc(C(C)(C)C)cc1)c1cc(Cl)ccc1Cl. The normalized spacial score (nSPS) is 13.0. The summed E-state index contributed by atoms with van der Waals surface area (Å²) in [4.78, 5) is 0. The highest BCUT2D eigenvalue weighted by Gasteiger charge is 2.14. The highest BCUT2D eigenvalue weighted by Crippen LogP contribution is 2.29. The quantitative estimate of drug-likeness (QED) is 0.683. The van der Waals surface area contributed by atoms with Gasteiger partial charge in [-0.3, -0.25) is 0 Å². The topological polar surface area (TPSA) is 12.0 Å². The zero-order valence-corrected chi connectivity index (χ0v) is 14.4. The van der Waals surface area contributed by atoms with E-state index in [9.17, 15) is 0 Å². The van der Waals surface area contributed by atoms with Gasteiger partial charge in [-0.05, 0) is 53.8 Å². The molecule has 1 atom stereocenters. The van der Waals surface area contributed by atoms with Gasteiger partial charge in [0.25, 0.3) is 0 Å². The summed E-state index contributed by atoms with van der Waals surface area (Å²) in [6.45, 7) is 8.71. The molecule has 0 bridgehead atoms. The van der Waals surface area contributed by atoms with Crippen LogP contribution in [0.15, 0.2) is 42.5 Å². The number of nitrogens with one attached hydrogen (secondary N) is 1. The van der Waals surface area contributed by atoms with E-state index in [-0.39, 0.29) is 11.5 Å². The molecule has 0 aliphatic carbocycles. The molecule has 3 heteroatoms. The summed E-state index contributed by atoms with van der Waals surface area (Å²) < 4.78 is 0. The first-order valence-electron chi connectivity index (χ1n) is 7.09. The fourth-order valence-corrected chi connectivity index (χ4v) is 2.70. The van der Waals surface area contributed by atoms with Crippen molar-refractivity contribution in [3.63, 3.8) is 0 Å². The standard InChI is InChI=1S/C18H21Cl2N/c1-12(16-11-14(19)7-10-17(16)20)21-15-8-5-13(6-9-15)18(2,3)4/h5-12,21H,1-4H3. The zero-order chi connectivity index (χ0) is 15.6. The molecule has 0 saturated heterocycles. The van der Waals surface area contributed by atoms with Gasteiger partial charge in [0.1, 0.15) is 0 Å². The summed E-state index contributed by atoms with van der Waals surface area (Å²) >= 11 is 12.3. The van der Waals surface area contributed by atoms with E-state index in [1.165, 1.54) is 5.56 Å². The summed E-state index contributed by atoms with van der Waals surface area (Å²) in [7, 11) is 0. The molecule has 0 heterocycles. The lowest BCUT2D eigenvalue weighted by Crippen LogP contribution is -2.11. The minimum absolute atomic E-state index is 0.0942. The van der Waals surface area contributed by atoms with Crippen molar-refractivity contribution in [3.05, 3.63) is 63.6 Å². The fraction of sp³-hybridized carbons (Fsp3) is 0.333. The van der Waals surface area contributed by atoms with Crippen molar-refractivity contribution >= 4 is 28.9 Å². The van der Waals surface area contributed by atoms with E-state index in [1.807, 2.05) is 12.1 Å². The molecule has 2 rings (SSSR count). The Labute approximate surface area is 137 Å². The van der Waals surface area contributed by atoms with Crippen LogP contribution < -0.4 is 5.32 Å². The maximum atomic E-state index is 6.24. The van der Waals surface area contributed by atoms with Crippen LogP contribution in [0.4, 0.5) is 5.69 Å². The van der Waals surface area contributed by atoms with Crippen LogP contribution in [-0.4, -0.2) is 0 Å². The van der Waals surface area contributed by atoms with Crippen LogP contribution in [0, 0.1) is 0 Å². The second-order valence-electron chi connectivity index (χ2n) is 6.36. The molecular formula is C18H21Cl2N. The van der Waals surface area contributed by atoms with Crippen LogP contribution in [0.1, 0.15) is 44.9 Å². The van der Waals surface area contributed by atoms with Gasteiger partial charge in [-0.1, -0.05) is 56.1 Å². The van der Waals surface area contributed by atoms with Crippen LogP contribution >= 0.6 is 23.2 Å². The van der Waals surface area contributed by atoms with E-state index in [4.69, 9.17) is 23.2 Å². The number of anilines is 1. The van der Waals surface area contributed by atoms with Gasteiger partial charge in [0, 0.05) is 15.7 Å². The first kappa shape index (κ1) is 16.2. The lowest BCUT2D eigenvalue weighted by Gasteiger charge is -2.21. The Balaban J connectivity index is 2.16. The number of hydrogen-bond acceptors (Lipinski definition) is 1. The second kappa shape index (κ2) is 6.29. The van der Waals surface area contributed by atoms with Gasteiger partial charge in [0.05, 0.1) is 6.04 Å². The van der Waals surface area contributed by atoms with Crippen molar-refractivity contribution < 1.29 is 0 Å². The molecule has 0 spiro atoms. The third kappa shape index (κ3) is 4.15. The Morgan fingerprint density at radius 3 is 2.14 bits per heavy atom. The molecule has 0 aliphatic rings. The van der Waals surface area contributed by atoms with E-state index in [2.05, 4.69) is 57.3 Å². The first-order chi connectivity index (χ1) is 9.77. The van der Waals surface area contributed by atoms with Gasteiger partial charge >= 0.3 is 0 Å². The lowest BCUT2D eigenvalue weighted by atomic mass is 9.87. The predicted octanol–water partition coefficient (Wildman–Crippen LogP) is 6.46. The van der Waals surface area contributed by atoms with Crippen LogP contribution in [-0.2, 0) is 5.41 Å². The zero-order valence-electron chi connectivity index (χ0n) is 12.9. The molecule has 0 saturated carbocycles. The molecule has 21 heavy (non-hydrogen) atoms. The summed E-state index contributed by atoms with van der Waals surface area (Å²) in [6.07, 6.45) is 0. The predicted molar refractivity (Wildman–Crippen MR) is 93.6 cm³/mol. The molecule has 0 aliphatic heterocycles. The van der Waals surface area contributed by atoms with Crippen LogP contribution in [0.25, 0.3) is 0 Å². The van der Waals surface area contributed by atoms with Gasteiger partial charge < -0.3 is 5.32 Å². The van der Waals surface area contributed by atoms with Crippen LogP contribution in [0.3, 0.4) is 0 Å². The van der Waals surface area contributed by atoms with E-state index in [0.717, 1.165) is 16.3 Å². The Morgan fingerprint density at radius 1 is 0.952 bits per heavy atom. The third-order valence-corrected chi connectivity index (χ3v) is 4.14. The molecule has 1 nitrogen and oxygen atoms in total. The summed E-state index contributed by atoms with van der Waals surface area (Å²) in [5.41, 5.74) is 3.57. The largest absolute Gasteiger partial charge is 0.378 e. The second-order valence-corrected chi connectivity index (χ2v) is 7.20. The van der Waals surface area contributed by atoms with Crippen LogP contribution in [0.2, 0.25) is 10.0 Å². The Hall–Kier alpha value is -1.18. The van der Waals surface area contributed by atoms with E-state index < -0.39 is 0 Å². The van der Waals surface area contributed by atoms with Gasteiger partial charge in [0.2, 0.25) is 0 Å². The number of halogens is 2. The molecule has 1 unspecified atom stereocenters. The van der Waals surface area contributed by atoms with Gasteiger partial charge in [-0.25, -0.2) is 0 Å². The Kier molecular flexibility index (Phi) is 4.85. The van der Waals surface area contributed by atoms with Crippen LogP contribution in [0.5, 0.6) is 0 Å².